The van der Waals surface area contributed by atoms with E-state index in [1.807, 2.05) is 6.07 Å². The van der Waals surface area contributed by atoms with Gasteiger partial charge in [-0.15, -0.1) is 0 Å². The molecule has 0 unspecified atom stereocenters. The molecule has 0 fully saturated rings. The molecule has 2 aromatic carbocycles. The van der Waals surface area contributed by atoms with Crippen molar-refractivity contribution in [3.05, 3.63) is 84.3 Å². The summed E-state index contributed by atoms with van der Waals surface area (Å²) in [4.78, 5) is 23.9. The van der Waals surface area contributed by atoms with Crippen molar-refractivity contribution in [3.63, 3.8) is 0 Å². The van der Waals surface area contributed by atoms with Crippen LogP contribution in [0.25, 0.3) is 0 Å². The van der Waals surface area contributed by atoms with Crippen LogP contribution in [0.2, 0.25) is 0 Å². The first kappa shape index (κ1) is 20.3. The van der Waals surface area contributed by atoms with Gasteiger partial charge in [-0.3, -0.25) is 4.79 Å². The first-order chi connectivity index (χ1) is 13.9. The molecule has 0 saturated carbocycles. The zero-order valence-electron chi connectivity index (χ0n) is 15.2. The van der Waals surface area contributed by atoms with E-state index < -0.39 is 28.5 Å². The molecule has 9 heteroatoms. The van der Waals surface area contributed by atoms with Crippen molar-refractivity contribution >= 4 is 27.6 Å². The highest BCUT2D eigenvalue weighted by Crippen LogP contribution is 2.13. The molecule has 0 bridgehead atoms. The molecule has 0 spiro atoms. The van der Waals surface area contributed by atoms with Crippen molar-refractivity contribution < 1.29 is 27.2 Å². The van der Waals surface area contributed by atoms with E-state index in [1.54, 1.807) is 36.4 Å². The molecule has 0 radical (unpaired) electrons. The molecule has 2 N–H and O–H groups in total. The summed E-state index contributed by atoms with van der Waals surface area (Å²) in [6.07, 6.45) is 1.45. The Morgan fingerprint density at radius 3 is 2.31 bits per heavy atom. The number of rotatable bonds is 8. The zero-order valence-corrected chi connectivity index (χ0v) is 16.0. The number of furan rings is 1. The number of carbonyl (C=O) groups excluding carboxylic acids is 2. The molecule has 0 saturated heterocycles. The van der Waals surface area contributed by atoms with Crippen LogP contribution < -0.4 is 10.0 Å². The number of benzene rings is 2. The van der Waals surface area contributed by atoms with E-state index in [4.69, 9.17) is 9.15 Å². The van der Waals surface area contributed by atoms with E-state index in [2.05, 4.69) is 10.0 Å². The highest BCUT2D eigenvalue weighted by molar-refractivity contribution is 7.89. The van der Waals surface area contributed by atoms with Crippen LogP contribution in [0.1, 0.15) is 16.1 Å². The van der Waals surface area contributed by atoms with Crippen molar-refractivity contribution in [2.75, 3.05) is 11.9 Å². The molecule has 1 amide bonds. The zero-order chi connectivity index (χ0) is 20.7. The summed E-state index contributed by atoms with van der Waals surface area (Å²) < 4.78 is 37.0. The highest BCUT2D eigenvalue weighted by Gasteiger charge is 2.16. The van der Waals surface area contributed by atoms with E-state index in [-0.39, 0.29) is 17.0 Å². The molecule has 0 aliphatic rings. The van der Waals surface area contributed by atoms with Gasteiger partial charge in [-0.25, -0.2) is 17.9 Å². The number of nitrogens with one attached hydrogen (secondary N) is 2. The van der Waals surface area contributed by atoms with Gasteiger partial charge in [0.2, 0.25) is 10.0 Å². The number of carbonyl (C=O) groups is 2. The topological polar surface area (TPSA) is 115 Å². The van der Waals surface area contributed by atoms with Crippen LogP contribution in [0.5, 0.6) is 0 Å². The SMILES string of the molecule is O=C(COC(=O)c1ccc(S(=O)(=O)NCc2ccco2)cc1)Nc1ccccc1. The summed E-state index contributed by atoms with van der Waals surface area (Å²) in [5.41, 5.74) is 0.715. The fourth-order valence-electron chi connectivity index (χ4n) is 2.37. The molecule has 3 aromatic rings. The number of hydrogen-bond donors (Lipinski definition) is 2. The number of amides is 1. The van der Waals surface area contributed by atoms with Crippen LogP contribution in [0.3, 0.4) is 0 Å². The first-order valence-corrected chi connectivity index (χ1v) is 10.1. The Hall–Kier alpha value is -3.43. The van der Waals surface area contributed by atoms with E-state index in [0.29, 0.717) is 11.4 Å². The summed E-state index contributed by atoms with van der Waals surface area (Å²) >= 11 is 0. The Balaban J connectivity index is 1.53. The van der Waals surface area contributed by atoms with Crippen molar-refractivity contribution in [2.24, 2.45) is 0 Å². The van der Waals surface area contributed by atoms with E-state index in [1.165, 1.54) is 30.5 Å². The maximum atomic E-state index is 12.3. The third-order valence-electron chi connectivity index (χ3n) is 3.81. The van der Waals surface area contributed by atoms with Crippen molar-refractivity contribution in [1.82, 2.24) is 4.72 Å². The van der Waals surface area contributed by atoms with Gasteiger partial charge in [-0.2, -0.15) is 0 Å². The molecular weight excluding hydrogens is 396 g/mol. The third kappa shape index (κ3) is 5.77. The summed E-state index contributed by atoms with van der Waals surface area (Å²) in [5, 5.41) is 2.59. The molecule has 0 aliphatic carbocycles. The van der Waals surface area contributed by atoms with Crippen LogP contribution >= 0.6 is 0 Å². The van der Waals surface area contributed by atoms with E-state index >= 15 is 0 Å². The van der Waals surface area contributed by atoms with Gasteiger partial charge in [-0.05, 0) is 48.5 Å². The van der Waals surface area contributed by atoms with Crippen molar-refractivity contribution in [2.45, 2.75) is 11.4 Å². The van der Waals surface area contributed by atoms with Crippen molar-refractivity contribution in [3.8, 4) is 0 Å². The Morgan fingerprint density at radius 2 is 1.66 bits per heavy atom. The fourth-order valence-corrected chi connectivity index (χ4v) is 3.36. The van der Waals surface area contributed by atoms with Gasteiger partial charge >= 0.3 is 5.97 Å². The Bertz CT molecular complexity index is 1060. The highest BCUT2D eigenvalue weighted by atomic mass is 32.2. The maximum Gasteiger partial charge on any atom is 0.338 e. The standard InChI is InChI=1S/C20H18N2O6S/c23-19(22-16-5-2-1-3-6-16)14-28-20(24)15-8-10-18(11-9-15)29(25,26)21-13-17-7-4-12-27-17/h1-12,21H,13-14H2,(H,22,23). The fraction of sp³-hybridized carbons (Fsp3) is 0.100. The molecule has 0 aliphatic heterocycles. The number of para-hydroxylation sites is 1. The van der Waals surface area contributed by atoms with Gasteiger partial charge in [0.1, 0.15) is 5.76 Å². The Kier molecular flexibility index (Phi) is 6.43. The van der Waals surface area contributed by atoms with Crippen molar-refractivity contribution in [1.29, 1.82) is 0 Å². The number of esters is 1. The summed E-state index contributed by atoms with van der Waals surface area (Å²) in [6.45, 7) is -0.450. The van der Waals surface area contributed by atoms with Gasteiger partial charge in [0.25, 0.3) is 5.91 Å². The predicted octanol–water partition coefficient (Wildman–Crippen LogP) is 2.55. The maximum absolute atomic E-state index is 12.3. The van der Waals surface area contributed by atoms with Gasteiger partial charge in [-0.1, -0.05) is 18.2 Å². The molecule has 150 valence electrons. The molecule has 8 nitrogen and oxygen atoms in total. The average Bonchev–Trinajstić information content (AvgIpc) is 3.25. The molecule has 29 heavy (non-hydrogen) atoms. The minimum absolute atomic E-state index is 0.00958. The quantitative estimate of drug-likeness (QED) is 0.548. The monoisotopic (exact) mass is 414 g/mol. The van der Waals surface area contributed by atoms with Gasteiger partial charge in [0, 0.05) is 5.69 Å². The molecular formula is C20H18N2O6S. The first-order valence-electron chi connectivity index (χ1n) is 8.58. The third-order valence-corrected chi connectivity index (χ3v) is 5.23. The molecule has 1 heterocycles. The Morgan fingerprint density at radius 1 is 0.931 bits per heavy atom. The van der Waals surface area contributed by atoms with Crippen LogP contribution in [0.15, 0.2) is 82.3 Å². The number of hydrogen-bond acceptors (Lipinski definition) is 6. The second kappa shape index (κ2) is 9.18. The van der Waals surface area contributed by atoms with Gasteiger partial charge < -0.3 is 14.5 Å². The summed E-state index contributed by atoms with van der Waals surface area (Å²) in [5.74, 6) is -0.742. The minimum Gasteiger partial charge on any atom is -0.468 e. The minimum atomic E-state index is -3.77. The lowest BCUT2D eigenvalue weighted by atomic mass is 10.2. The largest absolute Gasteiger partial charge is 0.468 e. The normalized spacial score (nSPS) is 11.0. The second-order valence-electron chi connectivity index (χ2n) is 5.92. The summed E-state index contributed by atoms with van der Waals surface area (Å²) in [6, 6.07) is 17.3. The lowest BCUT2D eigenvalue weighted by Crippen LogP contribution is -2.23. The molecule has 3 rings (SSSR count). The number of sulfonamides is 1. The van der Waals surface area contributed by atoms with Crippen LogP contribution in [-0.2, 0) is 26.1 Å². The van der Waals surface area contributed by atoms with Crippen LogP contribution in [-0.4, -0.2) is 26.9 Å². The second-order valence-corrected chi connectivity index (χ2v) is 7.69. The van der Waals surface area contributed by atoms with E-state index in [9.17, 15) is 18.0 Å². The van der Waals surface area contributed by atoms with Crippen LogP contribution in [0, 0.1) is 0 Å². The molecule has 0 atom stereocenters. The van der Waals surface area contributed by atoms with Gasteiger partial charge in [0.15, 0.2) is 6.61 Å². The van der Waals surface area contributed by atoms with Crippen LogP contribution in [0.4, 0.5) is 5.69 Å². The van der Waals surface area contributed by atoms with E-state index in [0.717, 1.165) is 0 Å². The average molecular weight is 414 g/mol. The predicted molar refractivity (Wildman–Crippen MR) is 105 cm³/mol. The smallest absolute Gasteiger partial charge is 0.338 e. The number of ether oxygens (including phenoxy) is 1. The van der Waals surface area contributed by atoms with Gasteiger partial charge in [0.05, 0.1) is 23.3 Å². The summed E-state index contributed by atoms with van der Waals surface area (Å²) in [7, 11) is -3.77. The number of anilines is 1. The molecule has 1 aromatic heterocycles. The lowest BCUT2D eigenvalue weighted by molar-refractivity contribution is -0.119. The Labute approximate surface area is 167 Å². The lowest BCUT2D eigenvalue weighted by Gasteiger charge is -2.08.